The number of hydrogen-bond donors (Lipinski definition) is 2. The van der Waals surface area contributed by atoms with Gasteiger partial charge >= 0.3 is 0 Å². The lowest BCUT2D eigenvalue weighted by molar-refractivity contribution is -0.117. The first-order valence-electron chi connectivity index (χ1n) is 4.59. The molecule has 3 N–H and O–H groups in total. The van der Waals surface area contributed by atoms with Gasteiger partial charge < -0.3 is 11.1 Å². The summed E-state index contributed by atoms with van der Waals surface area (Å²) in [6.07, 6.45) is 3.63. The average molecular weight is 180 g/mol. The number of carbonyl (C=O) groups excluding carboxylic acids is 1. The summed E-state index contributed by atoms with van der Waals surface area (Å²) in [7, 11) is 0. The molecule has 3 heteroatoms. The van der Waals surface area contributed by atoms with Gasteiger partial charge in [0.25, 0.3) is 5.91 Å². The van der Waals surface area contributed by atoms with E-state index in [1.807, 2.05) is 0 Å². The second-order valence-corrected chi connectivity index (χ2v) is 3.27. The first-order chi connectivity index (χ1) is 6.15. The van der Waals surface area contributed by atoms with Gasteiger partial charge in [-0.25, -0.2) is 0 Å². The van der Waals surface area contributed by atoms with Crippen molar-refractivity contribution < 1.29 is 4.79 Å². The maximum Gasteiger partial charge on any atom is 0.251 e. The van der Waals surface area contributed by atoms with Crippen LogP contribution in [0.4, 0.5) is 0 Å². The van der Waals surface area contributed by atoms with Crippen molar-refractivity contribution in [1.82, 2.24) is 5.32 Å². The van der Waals surface area contributed by atoms with Crippen LogP contribution in [0.1, 0.15) is 26.7 Å². The van der Waals surface area contributed by atoms with Crippen molar-refractivity contribution in [3.63, 3.8) is 0 Å². The van der Waals surface area contributed by atoms with E-state index in [9.17, 15) is 4.79 Å². The summed E-state index contributed by atoms with van der Waals surface area (Å²) in [5.41, 5.74) is 8.19. The summed E-state index contributed by atoms with van der Waals surface area (Å²) >= 11 is 0. The molecular weight excluding hydrogens is 164 g/mol. The smallest absolute Gasteiger partial charge is 0.251 e. The largest absolute Gasteiger partial charge is 0.402 e. The standard InChI is InChI=1S/C10H16N2O/c1-3-8-4-5-12-10(13)9(8)6-7(2)11/h6H,3-5,11H2,1-2H3,(H,12,13)/b7-6+. The lowest BCUT2D eigenvalue weighted by Gasteiger charge is -2.17. The normalized spacial score (nSPS) is 18.9. The van der Waals surface area contributed by atoms with Crippen molar-refractivity contribution in [3.8, 4) is 0 Å². The van der Waals surface area contributed by atoms with Crippen molar-refractivity contribution in [2.75, 3.05) is 6.54 Å². The van der Waals surface area contributed by atoms with E-state index in [0.29, 0.717) is 5.70 Å². The molecule has 1 aliphatic rings. The molecule has 0 unspecified atom stereocenters. The summed E-state index contributed by atoms with van der Waals surface area (Å²) < 4.78 is 0. The van der Waals surface area contributed by atoms with Crippen LogP contribution in [0.5, 0.6) is 0 Å². The van der Waals surface area contributed by atoms with Gasteiger partial charge in [0.1, 0.15) is 0 Å². The molecule has 0 saturated carbocycles. The number of amides is 1. The van der Waals surface area contributed by atoms with E-state index in [0.717, 1.165) is 25.0 Å². The SMILES string of the molecule is CCC1=C(/C=C(\C)N)C(=O)NCC1. The van der Waals surface area contributed by atoms with Crippen molar-refractivity contribution in [2.24, 2.45) is 5.73 Å². The molecule has 0 aromatic carbocycles. The fourth-order valence-electron chi connectivity index (χ4n) is 1.48. The van der Waals surface area contributed by atoms with E-state index in [2.05, 4.69) is 12.2 Å². The minimum Gasteiger partial charge on any atom is -0.402 e. The number of nitrogens with two attached hydrogens (primary N) is 1. The van der Waals surface area contributed by atoms with Crippen LogP contribution in [0.3, 0.4) is 0 Å². The number of carbonyl (C=O) groups is 1. The lowest BCUT2D eigenvalue weighted by atomic mass is 9.98. The molecule has 0 saturated heterocycles. The first-order valence-corrected chi connectivity index (χ1v) is 4.59. The fraction of sp³-hybridized carbons (Fsp3) is 0.500. The fourth-order valence-corrected chi connectivity index (χ4v) is 1.48. The molecule has 0 spiro atoms. The van der Waals surface area contributed by atoms with Crippen LogP contribution < -0.4 is 11.1 Å². The zero-order valence-corrected chi connectivity index (χ0v) is 8.18. The van der Waals surface area contributed by atoms with E-state index in [4.69, 9.17) is 5.73 Å². The van der Waals surface area contributed by atoms with Crippen molar-refractivity contribution in [3.05, 3.63) is 22.9 Å². The highest BCUT2D eigenvalue weighted by molar-refractivity contribution is 5.97. The third-order valence-corrected chi connectivity index (χ3v) is 2.14. The maximum atomic E-state index is 11.4. The van der Waals surface area contributed by atoms with Crippen molar-refractivity contribution >= 4 is 5.91 Å². The van der Waals surface area contributed by atoms with Crippen LogP contribution in [-0.2, 0) is 4.79 Å². The van der Waals surface area contributed by atoms with Crippen LogP contribution in [0.25, 0.3) is 0 Å². The minimum absolute atomic E-state index is 0.00731. The summed E-state index contributed by atoms with van der Waals surface area (Å²) in [4.78, 5) is 11.4. The summed E-state index contributed by atoms with van der Waals surface area (Å²) in [5, 5.41) is 2.80. The third kappa shape index (κ3) is 2.34. The highest BCUT2D eigenvalue weighted by Crippen LogP contribution is 2.18. The Morgan fingerprint density at radius 1 is 1.69 bits per heavy atom. The molecule has 0 aliphatic carbocycles. The predicted octanol–water partition coefficient (Wildman–Crippen LogP) is 1.08. The highest BCUT2D eigenvalue weighted by atomic mass is 16.1. The summed E-state index contributed by atoms with van der Waals surface area (Å²) in [5.74, 6) is 0.00731. The lowest BCUT2D eigenvalue weighted by Crippen LogP contribution is -2.31. The Hall–Kier alpha value is -1.25. The minimum atomic E-state index is 0.00731. The topological polar surface area (TPSA) is 55.1 Å². The molecule has 13 heavy (non-hydrogen) atoms. The third-order valence-electron chi connectivity index (χ3n) is 2.14. The zero-order chi connectivity index (χ0) is 9.84. The molecule has 1 aliphatic heterocycles. The van der Waals surface area contributed by atoms with Gasteiger partial charge in [0.2, 0.25) is 0 Å². The number of rotatable bonds is 2. The molecule has 0 radical (unpaired) electrons. The number of nitrogens with one attached hydrogen (secondary N) is 1. The molecule has 0 atom stereocenters. The van der Waals surface area contributed by atoms with Gasteiger partial charge in [-0.2, -0.15) is 0 Å². The Bertz CT molecular complexity index is 273. The van der Waals surface area contributed by atoms with Gasteiger partial charge in [-0.3, -0.25) is 4.79 Å². The van der Waals surface area contributed by atoms with Gasteiger partial charge in [-0.05, 0) is 25.8 Å². The van der Waals surface area contributed by atoms with Crippen molar-refractivity contribution in [1.29, 1.82) is 0 Å². The van der Waals surface area contributed by atoms with Crippen LogP contribution in [0.15, 0.2) is 22.9 Å². The summed E-state index contributed by atoms with van der Waals surface area (Å²) in [6, 6.07) is 0. The van der Waals surface area contributed by atoms with Gasteiger partial charge in [-0.15, -0.1) is 0 Å². The Morgan fingerprint density at radius 2 is 2.38 bits per heavy atom. The van der Waals surface area contributed by atoms with Gasteiger partial charge in [0.05, 0.1) is 0 Å². The molecule has 72 valence electrons. The molecule has 1 rings (SSSR count). The average Bonchev–Trinajstić information content (AvgIpc) is 2.08. The Balaban J connectivity index is 3.01. The van der Waals surface area contributed by atoms with Crippen LogP contribution >= 0.6 is 0 Å². The Kier molecular flexibility index (Phi) is 3.12. The molecular formula is C10H16N2O. The predicted molar refractivity (Wildman–Crippen MR) is 52.9 cm³/mol. The number of allylic oxidation sites excluding steroid dienone is 1. The van der Waals surface area contributed by atoms with Crippen LogP contribution in [0.2, 0.25) is 0 Å². The van der Waals surface area contributed by atoms with E-state index in [-0.39, 0.29) is 5.91 Å². The highest BCUT2D eigenvalue weighted by Gasteiger charge is 2.16. The molecule has 0 bridgehead atoms. The van der Waals surface area contributed by atoms with Gasteiger partial charge in [0.15, 0.2) is 0 Å². The monoisotopic (exact) mass is 180 g/mol. The van der Waals surface area contributed by atoms with Crippen LogP contribution in [0, 0.1) is 0 Å². The van der Waals surface area contributed by atoms with Crippen LogP contribution in [-0.4, -0.2) is 12.5 Å². The Labute approximate surface area is 78.7 Å². The van der Waals surface area contributed by atoms with E-state index < -0.39 is 0 Å². The molecule has 0 aromatic rings. The van der Waals surface area contributed by atoms with E-state index in [1.165, 1.54) is 5.57 Å². The second kappa shape index (κ2) is 4.12. The molecule has 0 aromatic heterocycles. The quantitative estimate of drug-likeness (QED) is 0.668. The van der Waals surface area contributed by atoms with Crippen molar-refractivity contribution in [2.45, 2.75) is 26.7 Å². The number of hydrogen-bond acceptors (Lipinski definition) is 2. The zero-order valence-electron chi connectivity index (χ0n) is 8.18. The molecule has 1 amide bonds. The summed E-state index contributed by atoms with van der Waals surface area (Å²) in [6.45, 7) is 4.61. The molecule has 1 heterocycles. The van der Waals surface area contributed by atoms with Gasteiger partial charge in [0, 0.05) is 17.8 Å². The first kappa shape index (κ1) is 9.84. The molecule has 3 nitrogen and oxygen atoms in total. The van der Waals surface area contributed by atoms with Gasteiger partial charge in [-0.1, -0.05) is 12.5 Å². The molecule has 0 fully saturated rings. The second-order valence-electron chi connectivity index (χ2n) is 3.27. The van der Waals surface area contributed by atoms with E-state index in [1.54, 1.807) is 13.0 Å². The maximum absolute atomic E-state index is 11.4. The Morgan fingerprint density at radius 3 is 2.92 bits per heavy atom. The van der Waals surface area contributed by atoms with E-state index >= 15 is 0 Å².